The van der Waals surface area contributed by atoms with Gasteiger partial charge in [0.25, 0.3) is 0 Å². The summed E-state index contributed by atoms with van der Waals surface area (Å²) in [6, 6.07) is 4.35. The maximum atomic E-state index is 12.5. The smallest absolute Gasteiger partial charge is 0.241 e. The average molecular weight is 371 g/mol. The van der Waals surface area contributed by atoms with Crippen LogP contribution in [0.1, 0.15) is 27.2 Å². The molecule has 0 bridgehead atoms. The molecule has 0 aliphatic carbocycles. The summed E-state index contributed by atoms with van der Waals surface area (Å²) >= 11 is 5.98. The lowest BCUT2D eigenvalue weighted by Gasteiger charge is -2.30. The van der Waals surface area contributed by atoms with Gasteiger partial charge in [-0.25, -0.2) is 13.1 Å². The molecule has 0 aromatic heterocycles. The minimum Gasteiger partial charge on any atom is -0.495 e. The van der Waals surface area contributed by atoms with Crippen molar-refractivity contribution in [2.75, 3.05) is 13.7 Å². The lowest BCUT2D eigenvalue weighted by molar-refractivity contribution is 0.344. The van der Waals surface area contributed by atoms with Gasteiger partial charge in [-0.15, -0.1) is 12.4 Å². The SMILES string of the molecule is COc1ccc(S(=O)(=O)NC(C)(CN)CC(C)C)cc1Cl.Cl. The van der Waals surface area contributed by atoms with Crippen LogP contribution in [0.3, 0.4) is 0 Å². The van der Waals surface area contributed by atoms with E-state index in [1.54, 1.807) is 6.92 Å². The third-order valence-corrected chi connectivity index (χ3v) is 5.06. The van der Waals surface area contributed by atoms with Crippen molar-refractivity contribution in [3.8, 4) is 5.75 Å². The van der Waals surface area contributed by atoms with Gasteiger partial charge in [-0.3, -0.25) is 0 Å². The van der Waals surface area contributed by atoms with Gasteiger partial charge in [-0.2, -0.15) is 0 Å². The van der Waals surface area contributed by atoms with E-state index in [0.29, 0.717) is 18.1 Å². The van der Waals surface area contributed by atoms with E-state index < -0.39 is 15.6 Å². The molecule has 1 aromatic rings. The quantitative estimate of drug-likeness (QED) is 0.772. The number of hydrogen-bond acceptors (Lipinski definition) is 4. The van der Waals surface area contributed by atoms with Gasteiger partial charge in [0, 0.05) is 12.1 Å². The molecular weight excluding hydrogens is 347 g/mol. The molecule has 8 heteroatoms. The van der Waals surface area contributed by atoms with Crippen LogP contribution in [0, 0.1) is 5.92 Å². The fourth-order valence-corrected chi connectivity index (χ4v) is 4.04. The van der Waals surface area contributed by atoms with Crippen LogP contribution in [0.2, 0.25) is 5.02 Å². The van der Waals surface area contributed by atoms with Crippen LogP contribution >= 0.6 is 24.0 Å². The monoisotopic (exact) mass is 370 g/mol. The largest absolute Gasteiger partial charge is 0.495 e. The summed E-state index contributed by atoms with van der Waals surface area (Å²) < 4.78 is 32.6. The molecule has 0 saturated carbocycles. The maximum absolute atomic E-state index is 12.5. The van der Waals surface area contributed by atoms with Crippen LogP contribution in [0.4, 0.5) is 0 Å². The molecule has 128 valence electrons. The van der Waals surface area contributed by atoms with E-state index in [2.05, 4.69) is 4.72 Å². The lowest BCUT2D eigenvalue weighted by atomic mass is 9.92. The molecule has 1 unspecified atom stereocenters. The number of halogens is 2. The molecule has 1 atom stereocenters. The zero-order valence-corrected chi connectivity index (χ0v) is 15.6. The normalized spacial score (nSPS) is 14.3. The summed E-state index contributed by atoms with van der Waals surface area (Å²) in [7, 11) is -2.22. The zero-order valence-electron chi connectivity index (χ0n) is 13.2. The van der Waals surface area contributed by atoms with Gasteiger partial charge in [0.05, 0.1) is 17.0 Å². The van der Waals surface area contributed by atoms with E-state index >= 15 is 0 Å². The standard InChI is InChI=1S/C14H23ClN2O3S.ClH/c1-10(2)8-14(3,9-16)17-21(18,19)11-5-6-13(20-4)12(15)7-11;/h5-7,10,17H,8-9,16H2,1-4H3;1H. The third kappa shape index (κ3) is 5.59. The van der Waals surface area contributed by atoms with Crippen LogP contribution in [-0.2, 0) is 10.0 Å². The fraction of sp³-hybridized carbons (Fsp3) is 0.571. The Labute approximate surface area is 144 Å². The van der Waals surface area contributed by atoms with Crippen molar-refractivity contribution in [2.45, 2.75) is 37.6 Å². The highest BCUT2D eigenvalue weighted by Crippen LogP contribution is 2.28. The molecule has 3 N–H and O–H groups in total. The number of ether oxygens (including phenoxy) is 1. The molecule has 5 nitrogen and oxygen atoms in total. The fourth-order valence-electron chi connectivity index (χ4n) is 2.27. The van der Waals surface area contributed by atoms with E-state index in [4.69, 9.17) is 22.1 Å². The first-order valence-electron chi connectivity index (χ1n) is 6.71. The number of hydrogen-bond donors (Lipinski definition) is 2. The molecule has 0 radical (unpaired) electrons. The molecule has 0 aliphatic rings. The predicted octanol–water partition coefficient (Wildman–Crippen LogP) is 2.81. The van der Waals surface area contributed by atoms with Crippen LogP contribution < -0.4 is 15.2 Å². The summed E-state index contributed by atoms with van der Waals surface area (Å²) in [5, 5.41) is 0.249. The molecule has 1 aromatic carbocycles. The second-order valence-corrected chi connectivity index (χ2v) is 7.85. The van der Waals surface area contributed by atoms with Gasteiger partial charge >= 0.3 is 0 Å². The second-order valence-electron chi connectivity index (χ2n) is 5.76. The first-order valence-corrected chi connectivity index (χ1v) is 8.57. The highest BCUT2D eigenvalue weighted by molar-refractivity contribution is 7.89. The summed E-state index contributed by atoms with van der Waals surface area (Å²) in [5.41, 5.74) is 5.05. The number of methoxy groups -OCH3 is 1. The van der Waals surface area contributed by atoms with Crippen molar-refractivity contribution in [3.63, 3.8) is 0 Å². The molecule has 1 rings (SSSR count). The topological polar surface area (TPSA) is 81.4 Å². The van der Waals surface area contributed by atoms with Crippen LogP contribution in [-0.4, -0.2) is 27.6 Å². The number of benzene rings is 1. The number of sulfonamides is 1. The van der Waals surface area contributed by atoms with E-state index in [9.17, 15) is 8.42 Å². The Morgan fingerprint density at radius 3 is 2.41 bits per heavy atom. The minimum absolute atomic E-state index is 0. The first-order chi connectivity index (χ1) is 9.63. The van der Waals surface area contributed by atoms with Crippen LogP contribution in [0.15, 0.2) is 23.1 Å². The lowest BCUT2D eigenvalue weighted by Crippen LogP contribution is -2.51. The number of nitrogens with two attached hydrogens (primary N) is 1. The predicted molar refractivity (Wildman–Crippen MR) is 92.5 cm³/mol. The molecule has 0 spiro atoms. The second kappa shape index (κ2) is 8.36. The molecule has 0 amide bonds. The van der Waals surface area contributed by atoms with Crippen molar-refractivity contribution in [1.29, 1.82) is 0 Å². The van der Waals surface area contributed by atoms with Gasteiger partial charge in [-0.05, 0) is 37.5 Å². The summed E-state index contributed by atoms with van der Waals surface area (Å²) in [4.78, 5) is 0.0942. The average Bonchev–Trinajstić information content (AvgIpc) is 2.37. The molecule has 0 saturated heterocycles. The van der Waals surface area contributed by atoms with Crippen LogP contribution in [0.25, 0.3) is 0 Å². The van der Waals surface area contributed by atoms with E-state index in [-0.39, 0.29) is 28.9 Å². The summed E-state index contributed by atoms with van der Waals surface area (Å²) in [6.45, 7) is 6.06. The first kappa shape index (κ1) is 21.5. The summed E-state index contributed by atoms with van der Waals surface area (Å²) in [6.07, 6.45) is 0.645. The third-order valence-electron chi connectivity index (χ3n) is 3.12. The molecule has 0 heterocycles. The Balaban J connectivity index is 0.00000441. The Kier molecular flexibility index (Phi) is 8.16. The number of rotatable bonds is 7. The van der Waals surface area contributed by atoms with Gasteiger partial charge in [0.15, 0.2) is 0 Å². The van der Waals surface area contributed by atoms with Gasteiger partial charge in [0.1, 0.15) is 5.75 Å². The van der Waals surface area contributed by atoms with Crippen molar-refractivity contribution in [2.24, 2.45) is 11.7 Å². The van der Waals surface area contributed by atoms with Gasteiger partial charge in [-0.1, -0.05) is 25.4 Å². The van der Waals surface area contributed by atoms with E-state index in [1.165, 1.54) is 25.3 Å². The van der Waals surface area contributed by atoms with Gasteiger partial charge < -0.3 is 10.5 Å². The highest BCUT2D eigenvalue weighted by atomic mass is 35.5. The van der Waals surface area contributed by atoms with Crippen molar-refractivity contribution in [1.82, 2.24) is 4.72 Å². The van der Waals surface area contributed by atoms with Crippen molar-refractivity contribution < 1.29 is 13.2 Å². The van der Waals surface area contributed by atoms with Crippen molar-refractivity contribution in [3.05, 3.63) is 23.2 Å². The van der Waals surface area contributed by atoms with E-state index in [0.717, 1.165) is 0 Å². The molecule has 0 aliphatic heterocycles. The zero-order chi connectivity index (χ0) is 16.3. The van der Waals surface area contributed by atoms with E-state index in [1.807, 2.05) is 13.8 Å². The molecule has 0 fully saturated rings. The van der Waals surface area contributed by atoms with Crippen molar-refractivity contribution >= 4 is 34.0 Å². The minimum atomic E-state index is -3.69. The summed E-state index contributed by atoms with van der Waals surface area (Å²) in [5.74, 6) is 0.750. The molecule has 22 heavy (non-hydrogen) atoms. The van der Waals surface area contributed by atoms with Gasteiger partial charge in [0.2, 0.25) is 10.0 Å². The Hall–Kier alpha value is -0.530. The van der Waals surface area contributed by atoms with Crippen LogP contribution in [0.5, 0.6) is 5.75 Å². The highest BCUT2D eigenvalue weighted by Gasteiger charge is 2.30. The number of nitrogens with one attached hydrogen (secondary N) is 1. The maximum Gasteiger partial charge on any atom is 0.241 e. The Morgan fingerprint density at radius 2 is 2.00 bits per heavy atom. The Bertz CT molecular complexity index is 594. The Morgan fingerprint density at radius 1 is 1.41 bits per heavy atom. The molecular formula is C14H24Cl2N2O3S.